The minimum absolute atomic E-state index is 0. The number of rotatable bonds is 8. The van der Waals surface area contributed by atoms with Gasteiger partial charge in [0, 0.05) is 26.7 Å². The fraction of sp³-hybridized carbons (Fsp3) is 0.562. The molecule has 8 heteroatoms. The number of halogens is 4. The Hall–Kier alpha value is -1.03. The van der Waals surface area contributed by atoms with E-state index in [1.54, 1.807) is 7.05 Å². The lowest BCUT2D eigenvalue weighted by molar-refractivity contribution is -0.142. The maximum Gasteiger partial charge on any atom is 0.401 e. The predicted molar refractivity (Wildman–Crippen MR) is 103 cm³/mol. The Bertz CT molecular complexity index is 466. The molecule has 4 nitrogen and oxygen atoms in total. The molecule has 24 heavy (non-hydrogen) atoms. The highest BCUT2D eigenvalue weighted by Gasteiger charge is 2.28. The molecular formula is C16H26F3IN4. The highest BCUT2D eigenvalue weighted by atomic mass is 127. The van der Waals surface area contributed by atoms with E-state index < -0.39 is 12.7 Å². The van der Waals surface area contributed by atoms with Crippen LogP contribution >= 0.6 is 24.0 Å². The van der Waals surface area contributed by atoms with Crippen LogP contribution in [0.4, 0.5) is 13.2 Å². The second kappa shape index (κ2) is 12.3. The van der Waals surface area contributed by atoms with Gasteiger partial charge in [0.15, 0.2) is 5.96 Å². The summed E-state index contributed by atoms with van der Waals surface area (Å²) < 4.78 is 36.6. The van der Waals surface area contributed by atoms with E-state index in [0.717, 1.165) is 19.4 Å². The van der Waals surface area contributed by atoms with Crippen LogP contribution in [0.15, 0.2) is 35.3 Å². The number of guanidine groups is 1. The maximum atomic E-state index is 12.2. The van der Waals surface area contributed by atoms with Crippen LogP contribution in [-0.2, 0) is 6.42 Å². The summed E-state index contributed by atoms with van der Waals surface area (Å²) in [4.78, 5) is 5.29. The van der Waals surface area contributed by atoms with Crippen molar-refractivity contribution in [2.24, 2.45) is 4.99 Å². The summed E-state index contributed by atoms with van der Waals surface area (Å²) in [6, 6.07) is 10.2. The highest BCUT2D eigenvalue weighted by molar-refractivity contribution is 14.0. The monoisotopic (exact) mass is 458 g/mol. The van der Waals surface area contributed by atoms with Crippen LogP contribution < -0.4 is 10.6 Å². The Morgan fingerprint density at radius 3 is 2.33 bits per heavy atom. The van der Waals surface area contributed by atoms with Gasteiger partial charge in [0.05, 0.1) is 6.54 Å². The zero-order valence-electron chi connectivity index (χ0n) is 14.1. The fourth-order valence-corrected chi connectivity index (χ4v) is 2.11. The Balaban J connectivity index is 0.00000529. The third kappa shape index (κ3) is 11.5. The van der Waals surface area contributed by atoms with Gasteiger partial charge in [-0.25, -0.2) is 0 Å². The highest BCUT2D eigenvalue weighted by Crippen LogP contribution is 2.14. The molecule has 0 spiro atoms. The molecule has 138 valence electrons. The number of likely N-dealkylation sites (N-methyl/N-ethyl adjacent to an activating group) is 1. The summed E-state index contributed by atoms with van der Waals surface area (Å²) in [6.07, 6.45) is -2.23. The lowest BCUT2D eigenvalue weighted by Gasteiger charge is -2.19. The quantitative estimate of drug-likeness (QED) is 0.273. The van der Waals surface area contributed by atoms with Gasteiger partial charge in [-0.1, -0.05) is 30.3 Å². The summed E-state index contributed by atoms with van der Waals surface area (Å²) >= 11 is 0. The van der Waals surface area contributed by atoms with Gasteiger partial charge in [0.2, 0.25) is 0 Å². The number of benzene rings is 1. The van der Waals surface area contributed by atoms with Gasteiger partial charge in [0.1, 0.15) is 0 Å². The van der Waals surface area contributed by atoms with Crippen molar-refractivity contribution in [1.29, 1.82) is 0 Å². The molecule has 0 aliphatic heterocycles. The molecule has 0 saturated heterocycles. The van der Waals surface area contributed by atoms with Crippen LogP contribution in [0.25, 0.3) is 0 Å². The molecule has 0 aliphatic rings. The topological polar surface area (TPSA) is 39.7 Å². The first-order chi connectivity index (χ1) is 10.9. The molecule has 1 aromatic carbocycles. The first-order valence-corrected chi connectivity index (χ1v) is 7.64. The van der Waals surface area contributed by atoms with E-state index in [4.69, 9.17) is 0 Å². The van der Waals surface area contributed by atoms with Crippen molar-refractivity contribution in [2.45, 2.75) is 19.0 Å². The largest absolute Gasteiger partial charge is 0.401 e. The van der Waals surface area contributed by atoms with Gasteiger partial charge in [-0.2, -0.15) is 13.2 Å². The van der Waals surface area contributed by atoms with E-state index in [0.29, 0.717) is 19.0 Å². The average molecular weight is 458 g/mol. The van der Waals surface area contributed by atoms with Gasteiger partial charge in [-0.3, -0.25) is 9.89 Å². The smallest absolute Gasteiger partial charge is 0.356 e. The zero-order valence-corrected chi connectivity index (χ0v) is 16.4. The first-order valence-electron chi connectivity index (χ1n) is 7.64. The Kier molecular flexibility index (Phi) is 11.8. The third-order valence-electron chi connectivity index (χ3n) is 3.24. The second-order valence-corrected chi connectivity index (χ2v) is 5.37. The van der Waals surface area contributed by atoms with Gasteiger partial charge < -0.3 is 10.6 Å². The summed E-state index contributed by atoms with van der Waals surface area (Å²) in [5.74, 6) is 0.610. The van der Waals surface area contributed by atoms with Crippen molar-refractivity contribution < 1.29 is 13.2 Å². The number of aryl methyl sites for hydroxylation is 1. The van der Waals surface area contributed by atoms with E-state index in [2.05, 4.69) is 27.8 Å². The van der Waals surface area contributed by atoms with Crippen LogP contribution in [0, 0.1) is 0 Å². The molecule has 0 aliphatic carbocycles. The van der Waals surface area contributed by atoms with Crippen molar-refractivity contribution in [3.63, 3.8) is 0 Å². The second-order valence-electron chi connectivity index (χ2n) is 5.37. The van der Waals surface area contributed by atoms with Crippen LogP contribution in [0.2, 0.25) is 0 Å². The van der Waals surface area contributed by atoms with Gasteiger partial charge >= 0.3 is 6.18 Å². The van der Waals surface area contributed by atoms with Crippen LogP contribution in [0.5, 0.6) is 0 Å². The standard InChI is InChI=1S/C16H25F3N4.HI/c1-20-15(22-11-12-23(2)13-16(17,18)19)21-10-6-9-14-7-4-3-5-8-14;/h3-5,7-8H,6,9-13H2,1-2H3,(H2,20,21,22);1H. The Morgan fingerprint density at radius 1 is 1.12 bits per heavy atom. The lowest BCUT2D eigenvalue weighted by atomic mass is 10.1. The van der Waals surface area contributed by atoms with Crippen molar-refractivity contribution in [3.8, 4) is 0 Å². The molecule has 1 aromatic rings. The molecule has 0 radical (unpaired) electrons. The number of hydrogen-bond acceptors (Lipinski definition) is 2. The minimum Gasteiger partial charge on any atom is -0.356 e. The van der Waals surface area contributed by atoms with E-state index in [-0.39, 0.29) is 24.0 Å². The van der Waals surface area contributed by atoms with Gasteiger partial charge in [-0.15, -0.1) is 24.0 Å². The number of aliphatic imine (C=N–C) groups is 1. The molecule has 0 aromatic heterocycles. The normalized spacial score (nSPS) is 12.0. The average Bonchev–Trinajstić information content (AvgIpc) is 2.49. The summed E-state index contributed by atoms with van der Waals surface area (Å²) in [6.45, 7) is 0.555. The van der Waals surface area contributed by atoms with Gasteiger partial charge in [-0.05, 0) is 25.5 Å². The number of hydrogen-bond donors (Lipinski definition) is 2. The summed E-state index contributed by atoms with van der Waals surface area (Å²) in [5, 5.41) is 6.17. The van der Waals surface area contributed by atoms with Crippen LogP contribution in [0.1, 0.15) is 12.0 Å². The van der Waals surface area contributed by atoms with E-state index in [1.807, 2.05) is 18.2 Å². The van der Waals surface area contributed by atoms with Crippen molar-refractivity contribution >= 4 is 29.9 Å². The maximum absolute atomic E-state index is 12.2. The molecule has 0 atom stereocenters. The van der Waals surface area contributed by atoms with Crippen LogP contribution in [0.3, 0.4) is 0 Å². The summed E-state index contributed by atoms with van der Waals surface area (Å²) in [7, 11) is 3.09. The van der Waals surface area contributed by atoms with E-state index in [1.165, 1.54) is 17.5 Å². The van der Waals surface area contributed by atoms with E-state index in [9.17, 15) is 13.2 Å². The van der Waals surface area contributed by atoms with Crippen molar-refractivity contribution in [3.05, 3.63) is 35.9 Å². The molecule has 1 rings (SSSR count). The molecule has 2 N–H and O–H groups in total. The molecule has 0 bridgehead atoms. The number of nitrogens with zero attached hydrogens (tertiary/aromatic N) is 2. The molecule has 0 saturated carbocycles. The third-order valence-corrected chi connectivity index (χ3v) is 3.24. The van der Waals surface area contributed by atoms with Gasteiger partial charge in [0.25, 0.3) is 0 Å². The molecule has 0 amide bonds. The fourth-order valence-electron chi connectivity index (χ4n) is 2.11. The predicted octanol–water partition coefficient (Wildman–Crippen LogP) is 2.90. The molecule has 0 heterocycles. The molecule has 0 unspecified atom stereocenters. The number of alkyl halides is 3. The SMILES string of the molecule is CN=C(NCCCc1ccccc1)NCCN(C)CC(F)(F)F.I. The lowest BCUT2D eigenvalue weighted by Crippen LogP contribution is -2.42. The molecular weight excluding hydrogens is 432 g/mol. The first kappa shape index (κ1) is 23.0. The van der Waals surface area contributed by atoms with Crippen molar-refractivity contribution in [2.75, 3.05) is 40.3 Å². The number of nitrogens with one attached hydrogen (secondary N) is 2. The minimum atomic E-state index is -4.16. The molecule has 0 fully saturated rings. The zero-order chi connectivity index (χ0) is 17.1. The summed E-state index contributed by atoms with van der Waals surface area (Å²) in [5.41, 5.74) is 1.28. The van der Waals surface area contributed by atoms with Crippen LogP contribution in [-0.4, -0.2) is 57.3 Å². The van der Waals surface area contributed by atoms with Crippen molar-refractivity contribution in [1.82, 2.24) is 15.5 Å². The Morgan fingerprint density at radius 2 is 1.75 bits per heavy atom. The Labute approximate surface area is 158 Å². The van der Waals surface area contributed by atoms with E-state index >= 15 is 0 Å².